The van der Waals surface area contributed by atoms with Crippen LogP contribution in [0.5, 0.6) is 0 Å². The van der Waals surface area contributed by atoms with Crippen molar-refractivity contribution in [3.05, 3.63) is 35.6 Å². The summed E-state index contributed by atoms with van der Waals surface area (Å²) < 4.78 is 28.5. The highest BCUT2D eigenvalue weighted by molar-refractivity contribution is 7.91. The summed E-state index contributed by atoms with van der Waals surface area (Å²) in [4.78, 5) is 0. The van der Waals surface area contributed by atoms with Crippen molar-refractivity contribution >= 4 is 17.6 Å². The van der Waals surface area contributed by atoms with Crippen LogP contribution in [-0.4, -0.2) is 15.5 Å². The number of hydrogen-bond donors (Lipinski definition) is 0. The van der Waals surface area contributed by atoms with Gasteiger partial charge in [0.25, 0.3) is 0 Å². The largest absolute Gasteiger partial charge is 0.591 e. The molecule has 0 heterocycles. The Balaban J connectivity index is 2.43. The maximum absolute atomic E-state index is 13.3. The molecular formula is C13H18FNOS. The molecule has 0 spiro atoms. The Bertz CT molecular complexity index is 387. The lowest BCUT2D eigenvalue weighted by atomic mass is 10.1. The molecule has 2 nitrogen and oxygen atoms in total. The Kier molecular flexibility index (Phi) is 5.15. The van der Waals surface area contributed by atoms with Crippen LogP contribution in [0, 0.1) is 5.82 Å². The second-order valence-corrected chi connectivity index (χ2v) is 6.71. The minimum atomic E-state index is -1.22. The Morgan fingerprint density at radius 3 is 2.59 bits per heavy atom. The highest BCUT2D eigenvalue weighted by atomic mass is 32.2. The first kappa shape index (κ1) is 14.2. The number of nitrogens with zero attached hydrogens (tertiary/aromatic N) is 1. The van der Waals surface area contributed by atoms with E-state index in [-0.39, 0.29) is 10.6 Å². The van der Waals surface area contributed by atoms with Gasteiger partial charge in [-0.2, -0.15) is 0 Å². The fraction of sp³-hybridized carbons (Fsp3) is 0.462. The predicted molar refractivity (Wildman–Crippen MR) is 71.1 cm³/mol. The summed E-state index contributed by atoms with van der Waals surface area (Å²) in [5.74, 6) is -0.196. The van der Waals surface area contributed by atoms with Crippen LogP contribution in [0.4, 0.5) is 4.39 Å². The molecule has 0 fully saturated rings. The summed E-state index contributed by atoms with van der Waals surface area (Å²) >= 11 is -1.22. The second-order valence-electron chi connectivity index (χ2n) is 4.78. The molecule has 0 N–H and O–H groups in total. The molecule has 17 heavy (non-hydrogen) atoms. The van der Waals surface area contributed by atoms with Gasteiger partial charge >= 0.3 is 0 Å². The van der Waals surface area contributed by atoms with Gasteiger partial charge < -0.3 is 4.55 Å². The molecule has 1 atom stereocenters. The van der Waals surface area contributed by atoms with Gasteiger partial charge in [-0.1, -0.05) is 22.6 Å². The Morgan fingerprint density at radius 1 is 1.35 bits per heavy atom. The van der Waals surface area contributed by atoms with Gasteiger partial charge in [0.05, 0.1) is 6.21 Å². The second kappa shape index (κ2) is 6.17. The van der Waals surface area contributed by atoms with Crippen molar-refractivity contribution < 1.29 is 8.94 Å². The van der Waals surface area contributed by atoms with E-state index in [1.807, 2.05) is 26.8 Å². The van der Waals surface area contributed by atoms with E-state index in [0.717, 1.165) is 0 Å². The molecule has 0 bridgehead atoms. The first-order valence-electron chi connectivity index (χ1n) is 5.59. The lowest BCUT2D eigenvalue weighted by Gasteiger charge is -2.17. The Hall–Kier alpha value is -0.870. The molecule has 94 valence electrons. The van der Waals surface area contributed by atoms with Crippen molar-refractivity contribution in [2.24, 2.45) is 4.40 Å². The van der Waals surface area contributed by atoms with E-state index >= 15 is 0 Å². The molecule has 1 rings (SSSR count). The SMILES string of the molecule is CC(C)(C)[S+]([O-])/N=C/CCc1ccccc1F. The fourth-order valence-corrected chi connectivity index (χ4v) is 1.76. The third-order valence-corrected chi connectivity index (χ3v) is 3.58. The van der Waals surface area contributed by atoms with Crippen LogP contribution in [0.3, 0.4) is 0 Å². The standard InChI is InChI=1S/C13H18FNOS/c1-13(2,3)17(16)15-10-6-8-11-7-4-5-9-12(11)14/h4-5,7,9-10H,6,8H2,1-3H3/b15-10+. The van der Waals surface area contributed by atoms with Crippen molar-refractivity contribution in [3.8, 4) is 0 Å². The van der Waals surface area contributed by atoms with Crippen LogP contribution in [0.25, 0.3) is 0 Å². The molecule has 0 saturated heterocycles. The van der Waals surface area contributed by atoms with E-state index in [0.29, 0.717) is 18.4 Å². The minimum Gasteiger partial charge on any atom is -0.591 e. The molecule has 0 saturated carbocycles. The van der Waals surface area contributed by atoms with E-state index in [1.54, 1.807) is 18.3 Å². The summed E-state index contributed by atoms with van der Waals surface area (Å²) in [5.41, 5.74) is 0.667. The third-order valence-electron chi connectivity index (χ3n) is 2.19. The zero-order chi connectivity index (χ0) is 12.9. The van der Waals surface area contributed by atoms with Crippen molar-refractivity contribution in [1.82, 2.24) is 0 Å². The smallest absolute Gasteiger partial charge is 0.144 e. The van der Waals surface area contributed by atoms with E-state index in [2.05, 4.69) is 4.40 Å². The van der Waals surface area contributed by atoms with Crippen LogP contribution >= 0.6 is 0 Å². The van der Waals surface area contributed by atoms with E-state index in [4.69, 9.17) is 0 Å². The van der Waals surface area contributed by atoms with E-state index in [1.165, 1.54) is 6.07 Å². The summed E-state index contributed by atoms with van der Waals surface area (Å²) in [6, 6.07) is 6.67. The highest BCUT2D eigenvalue weighted by Gasteiger charge is 2.25. The molecule has 0 aliphatic heterocycles. The van der Waals surface area contributed by atoms with Gasteiger partial charge in [-0.3, -0.25) is 0 Å². The highest BCUT2D eigenvalue weighted by Crippen LogP contribution is 2.16. The van der Waals surface area contributed by atoms with Gasteiger partial charge in [0.2, 0.25) is 0 Å². The van der Waals surface area contributed by atoms with E-state index in [9.17, 15) is 8.94 Å². The van der Waals surface area contributed by atoms with Crippen LogP contribution in [0.1, 0.15) is 32.8 Å². The van der Waals surface area contributed by atoms with E-state index < -0.39 is 11.4 Å². The monoisotopic (exact) mass is 255 g/mol. The Labute approximate surface area is 105 Å². The number of halogens is 1. The summed E-state index contributed by atoms with van der Waals surface area (Å²) in [7, 11) is 0. The van der Waals surface area contributed by atoms with Crippen molar-refractivity contribution in [3.63, 3.8) is 0 Å². The van der Waals surface area contributed by atoms with Crippen LogP contribution in [0.15, 0.2) is 28.7 Å². The van der Waals surface area contributed by atoms with Gasteiger partial charge in [-0.15, -0.1) is 0 Å². The lowest BCUT2D eigenvalue weighted by Crippen LogP contribution is -2.25. The normalized spacial score (nSPS) is 14.2. The molecule has 0 amide bonds. The molecule has 0 radical (unpaired) electrons. The zero-order valence-corrected chi connectivity index (χ0v) is 11.3. The first-order chi connectivity index (χ1) is 7.91. The molecule has 0 aromatic heterocycles. The maximum Gasteiger partial charge on any atom is 0.144 e. The average Bonchev–Trinajstić information content (AvgIpc) is 2.25. The molecule has 0 aliphatic rings. The summed E-state index contributed by atoms with van der Waals surface area (Å²) in [6.07, 6.45) is 2.80. The third kappa shape index (κ3) is 4.88. The van der Waals surface area contributed by atoms with Gasteiger partial charge in [0.15, 0.2) is 0 Å². The van der Waals surface area contributed by atoms with Crippen molar-refractivity contribution in [1.29, 1.82) is 0 Å². The van der Waals surface area contributed by atoms with Gasteiger partial charge in [-0.25, -0.2) is 4.39 Å². The quantitative estimate of drug-likeness (QED) is 0.600. The minimum absolute atomic E-state index is 0.196. The van der Waals surface area contributed by atoms with Crippen molar-refractivity contribution in [2.45, 2.75) is 38.4 Å². The zero-order valence-electron chi connectivity index (χ0n) is 10.4. The maximum atomic E-state index is 13.3. The molecule has 1 aromatic carbocycles. The van der Waals surface area contributed by atoms with Crippen LogP contribution in [0.2, 0.25) is 0 Å². The lowest BCUT2D eigenvalue weighted by molar-refractivity contribution is 0.561. The topological polar surface area (TPSA) is 35.4 Å². The van der Waals surface area contributed by atoms with Crippen molar-refractivity contribution in [2.75, 3.05) is 0 Å². The average molecular weight is 255 g/mol. The molecular weight excluding hydrogens is 237 g/mol. The number of rotatable bonds is 4. The van der Waals surface area contributed by atoms with Gasteiger partial charge in [-0.05, 0) is 45.2 Å². The number of aryl methyl sites for hydroxylation is 1. The Morgan fingerprint density at radius 2 is 2.00 bits per heavy atom. The number of benzene rings is 1. The summed E-state index contributed by atoms with van der Waals surface area (Å²) in [5, 5.41) is 0. The van der Waals surface area contributed by atoms with Gasteiger partial charge in [0.1, 0.15) is 21.9 Å². The fourth-order valence-electron chi connectivity index (χ4n) is 1.20. The van der Waals surface area contributed by atoms with Crippen LogP contribution in [-0.2, 0) is 17.8 Å². The molecule has 1 unspecified atom stereocenters. The first-order valence-corrected chi connectivity index (χ1v) is 6.70. The number of hydrogen-bond acceptors (Lipinski definition) is 2. The molecule has 0 aliphatic carbocycles. The van der Waals surface area contributed by atoms with Gasteiger partial charge in [0, 0.05) is 0 Å². The molecule has 4 heteroatoms. The van der Waals surface area contributed by atoms with Crippen LogP contribution < -0.4 is 0 Å². The predicted octanol–water partition coefficient (Wildman–Crippen LogP) is 3.29. The molecule has 1 aromatic rings. The summed E-state index contributed by atoms with van der Waals surface area (Å²) in [6.45, 7) is 5.62.